The second kappa shape index (κ2) is 7.84. The van der Waals surface area contributed by atoms with Crippen molar-refractivity contribution in [3.63, 3.8) is 0 Å². The summed E-state index contributed by atoms with van der Waals surface area (Å²) in [5, 5.41) is 0. The highest BCUT2D eigenvalue weighted by Crippen LogP contribution is 2.37. The lowest BCUT2D eigenvalue weighted by atomic mass is 10.1. The van der Waals surface area contributed by atoms with E-state index >= 15 is 0 Å². The molecule has 0 bridgehead atoms. The first-order chi connectivity index (χ1) is 14.3. The lowest BCUT2D eigenvalue weighted by molar-refractivity contribution is 0.248. The largest absolute Gasteiger partial charge is 0.338 e. The van der Waals surface area contributed by atoms with E-state index in [1.165, 1.54) is 16.8 Å². The van der Waals surface area contributed by atoms with Gasteiger partial charge in [-0.1, -0.05) is 48.5 Å². The van der Waals surface area contributed by atoms with Gasteiger partial charge in [-0.3, -0.25) is 4.90 Å². The molecule has 2 aromatic carbocycles. The number of hydrogen-bond donors (Lipinski definition) is 0. The Balaban J connectivity index is 1.29. The van der Waals surface area contributed by atoms with Gasteiger partial charge in [0.25, 0.3) is 0 Å². The SMILES string of the molecule is CC1Cc2ccccc2N1c1ccnc(N2CCN(Cc3ccccc3)CC2)n1. The molecule has 0 saturated carbocycles. The van der Waals surface area contributed by atoms with Crippen LogP contribution < -0.4 is 9.80 Å². The van der Waals surface area contributed by atoms with Crippen LogP contribution in [0.15, 0.2) is 66.9 Å². The van der Waals surface area contributed by atoms with E-state index in [9.17, 15) is 0 Å². The minimum atomic E-state index is 0.415. The molecule has 1 aromatic heterocycles. The summed E-state index contributed by atoms with van der Waals surface area (Å²) < 4.78 is 0. The fourth-order valence-electron chi connectivity index (χ4n) is 4.49. The third-order valence-corrected chi connectivity index (χ3v) is 5.99. The predicted octanol–water partition coefficient (Wildman–Crippen LogP) is 3.88. The second-order valence-electron chi connectivity index (χ2n) is 8.02. The molecular weight excluding hydrogens is 358 g/mol. The van der Waals surface area contributed by atoms with Gasteiger partial charge in [0.1, 0.15) is 5.82 Å². The maximum Gasteiger partial charge on any atom is 0.227 e. The highest BCUT2D eigenvalue weighted by atomic mass is 15.3. The summed E-state index contributed by atoms with van der Waals surface area (Å²) in [5.41, 5.74) is 4.05. The number of hydrogen-bond acceptors (Lipinski definition) is 5. The van der Waals surface area contributed by atoms with Crippen molar-refractivity contribution in [3.05, 3.63) is 78.0 Å². The third kappa shape index (κ3) is 3.70. The first-order valence-corrected chi connectivity index (χ1v) is 10.5. The lowest BCUT2D eigenvalue weighted by Gasteiger charge is -2.35. The van der Waals surface area contributed by atoms with Crippen LogP contribution in [-0.4, -0.2) is 47.1 Å². The number of nitrogens with zero attached hydrogens (tertiary/aromatic N) is 5. The van der Waals surface area contributed by atoms with Crippen LogP contribution in [0, 0.1) is 0 Å². The molecule has 0 spiro atoms. The van der Waals surface area contributed by atoms with Crippen molar-refractivity contribution in [2.75, 3.05) is 36.0 Å². The Kier molecular flexibility index (Phi) is 4.90. The maximum atomic E-state index is 4.96. The minimum Gasteiger partial charge on any atom is -0.338 e. The molecule has 5 nitrogen and oxygen atoms in total. The van der Waals surface area contributed by atoms with Crippen LogP contribution in [0.1, 0.15) is 18.1 Å². The fraction of sp³-hybridized carbons (Fsp3) is 0.333. The van der Waals surface area contributed by atoms with Gasteiger partial charge in [-0.2, -0.15) is 4.98 Å². The van der Waals surface area contributed by atoms with E-state index in [0.717, 1.165) is 50.9 Å². The molecule has 3 aromatic rings. The summed E-state index contributed by atoms with van der Waals surface area (Å²) in [5.74, 6) is 1.85. The highest BCUT2D eigenvalue weighted by molar-refractivity contribution is 5.69. The Morgan fingerprint density at radius 3 is 2.48 bits per heavy atom. The topological polar surface area (TPSA) is 35.5 Å². The number of para-hydroxylation sites is 1. The van der Waals surface area contributed by atoms with Gasteiger partial charge >= 0.3 is 0 Å². The van der Waals surface area contributed by atoms with Crippen LogP contribution in [0.3, 0.4) is 0 Å². The van der Waals surface area contributed by atoms with Gasteiger partial charge < -0.3 is 9.80 Å². The zero-order valence-electron chi connectivity index (χ0n) is 16.9. The van der Waals surface area contributed by atoms with Crippen LogP contribution in [0.25, 0.3) is 0 Å². The quantitative estimate of drug-likeness (QED) is 0.681. The Hall–Kier alpha value is -2.92. The van der Waals surface area contributed by atoms with Crippen molar-refractivity contribution < 1.29 is 0 Å². The van der Waals surface area contributed by atoms with Gasteiger partial charge in [0.2, 0.25) is 5.95 Å². The zero-order chi connectivity index (χ0) is 19.6. The smallest absolute Gasteiger partial charge is 0.227 e. The number of piperazine rings is 1. The van der Waals surface area contributed by atoms with Crippen LogP contribution in [-0.2, 0) is 13.0 Å². The highest BCUT2D eigenvalue weighted by Gasteiger charge is 2.28. The van der Waals surface area contributed by atoms with E-state index in [-0.39, 0.29) is 0 Å². The molecule has 1 fully saturated rings. The van der Waals surface area contributed by atoms with Gasteiger partial charge in [0.15, 0.2) is 0 Å². The Morgan fingerprint density at radius 2 is 1.66 bits per heavy atom. The van der Waals surface area contributed by atoms with Crippen LogP contribution in [0.4, 0.5) is 17.5 Å². The number of fused-ring (bicyclic) bond motifs is 1. The molecule has 0 amide bonds. The lowest BCUT2D eigenvalue weighted by Crippen LogP contribution is -2.46. The molecular formula is C24H27N5. The Morgan fingerprint density at radius 1 is 0.897 bits per heavy atom. The molecule has 1 unspecified atom stereocenters. The van der Waals surface area contributed by atoms with Crippen molar-refractivity contribution in [2.24, 2.45) is 0 Å². The summed E-state index contributed by atoms with van der Waals surface area (Å²) in [6.07, 6.45) is 2.97. The fourth-order valence-corrected chi connectivity index (χ4v) is 4.49. The molecule has 2 aliphatic rings. The van der Waals surface area contributed by atoms with Crippen molar-refractivity contribution in [1.29, 1.82) is 0 Å². The van der Waals surface area contributed by atoms with Gasteiger partial charge in [-0.15, -0.1) is 0 Å². The van der Waals surface area contributed by atoms with E-state index in [0.29, 0.717) is 6.04 Å². The monoisotopic (exact) mass is 385 g/mol. The molecule has 1 saturated heterocycles. The number of rotatable bonds is 4. The summed E-state index contributed by atoms with van der Waals surface area (Å²) in [4.78, 5) is 16.7. The number of anilines is 3. The molecule has 148 valence electrons. The standard InChI is InChI=1S/C24H27N5/c1-19-17-21-9-5-6-10-22(21)29(19)23-11-12-25-24(26-23)28-15-13-27(14-16-28)18-20-7-3-2-4-8-20/h2-12,19H,13-18H2,1H3. The van der Waals surface area contributed by atoms with E-state index in [4.69, 9.17) is 4.98 Å². The Bertz CT molecular complexity index is 966. The maximum absolute atomic E-state index is 4.96. The molecule has 3 heterocycles. The first kappa shape index (κ1) is 18.1. The summed E-state index contributed by atoms with van der Waals surface area (Å²) in [6, 6.07) is 21.8. The van der Waals surface area contributed by atoms with Crippen LogP contribution >= 0.6 is 0 Å². The predicted molar refractivity (Wildman–Crippen MR) is 118 cm³/mol. The molecule has 0 N–H and O–H groups in total. The Labute approximate surface area is 172 Å². The normalized spacial score (nSPS) is 19.4. The molecule has 5 rings (SSSR count). The number of benzene rings is 2. The zero-order valence-corrected chi connectivity index (χ0v) is 16.9. The van der Waals surface area contributed by atoms with Crippen LogP contribution in [0.2, 0.25) is 0 Å². The van der Waals surface area contributed by atoms with Gasteiger partial charge in [0.05, 0.1) is 0 Å². The molecule has 2 aliphatic heterocycles. The summed E-state index contributed by atoms with van der Waals surface area (Å²) in [7, 11) is 0. The molecule has 29 heavy (non-hydrogen) atoms. The van der Waals surface area contributed by atoms with E-state index < -0.39 is 0 Å². The first-order valence-electron chi connectivity index (χ1n) is 10.5. The van der Waals surface area contributed by atoms with Crippen molar-refractivity contribution >= 4 is 17.5 Å². The summed E-state index contributed by atoms with van der Waals surface area (Å²) in [6.45, 7) is 7.27. The molecule has 0 aliphatic carbocycles. The van der Waals surface area contributed by atoms with Crippen molar-refractivity contribution in [3.8, 4) is 0 Å². The molecule has 5 heteroatoms. The number of aromatic nitrogens is 2. The van der Waals surface area contributed by atoms with E-state index in [1.807, 2.05) is 12.3 Å². The van der Waals surface area contributed by atoms with E-state index in [1.54, 1.807) is 0 Å². The van der Waals surface area contributed by atoms with Crippen molar-refractivity contribution in [1.82, 2.24) is 14.9 Å². The van der Waals surface area contributed by atoms with Gasteiger partial charge in [0, 0.05) is 50.6 Å². The molecule has 0 radical (unpaired) electrons. The third-order valence-electron chi connectivity index (χ3n) is 5.99. The average Bonchev–Trinajstić information content (AvgIpc) is 3.11. The summed E-state index contributed by atoms with van der Waals surface area (Å²) >= 11 is 0. The van der Waals surface area contributed by atoms with Crippen LogP contribution in [0.5, 0.6) is 0 Å². The average molecular weight is 386 g/mol. The second-order valence-corrected chi connectivity index (χ2v) is 8.02. The molecule has 1 atom stereocenters. The van der Waals surface area contributed by atoms with E-state index in [2.05, 4.69) is 81.2 Å². The van der Waals surface area contributed by atoms with Gasteiger partial charge in [-0.25, -0.2) is 4.98 Å². The van der Waals surface area contributed by atoms with Gasteiger partial charge in [-0.05, 0) is 36.6 Å². The minimum absolute atomic E-state index is 0.415. The van der Waals surface area contributed by atoms with Crippen molar-refractivity contribution in [2.45, 2.75) is 25.9 Å².